The van der Waals surface area contributed by atoms with E-state index >= 15 is 0 Å². The van der Waals surface area contributed by atoms with Crippen molar-refractivity contribution in [3.63, 3.8) is 0 Å². The van der Waals surface area contributed by atoms with Crippen LogP contribution in [0.15, 0.2) is 0 Å². The normalized spacial score (nSPS) is 14.0. The van der Waals surface area contributed by atoms with Crippen molar-refractivity contribution in [2.75, 3.05) is 24.6 Å². The van der Waals surface area contributed by atoms with Crippen LogP contribution in [0.3, 0.4) is 0 Å². The standard InChI is InChI=1S/C15H32N2O4S/c1-8-22(19,20)11-13(4)16-9-10-17(12(2)3)14(18)21-15(5,6)7/h12-13,16H,8-11H2,1-7H3. The zero-order valence-corrected chi connectivity index (χ0v) is 15.8. The summed E-state index contributed by atoms with van der Waals surface area (Å²) in [6.07, 6.45) is -0.349. The fourth-order valence-corrected chi connectivity index (χ4v) is 2.99. The van der Waals surface area contributed by atoms with Gasteiger partial charge in [-0.1, -0.05) is 6.92 Å². The summed E-state index contributed by atoms with van der Waals surface area (Å²) in [6, 6.07) is -0.121. The van der Waals surface area contributed by atoms with E-state index in [1.807, 2.05) is 41.5 Å². The number of sulfone groups is 1. The summed E-state index contributed by atoms with van der Waals surface area (Å²) < 4.78 is 28.5. The van der Waals surface area contributed by atoms with Crippen LogP contribution in [0.2, 0.25) is 0 Å². The van der Waals surface area contributed by atoms with Crippen molar-refractivity contribution in [3.8, 4) is 0 Å². The van der Waals surface area contributed by atoms with E-state index in [0.29, 0.717) is 13.1 Å². The summed E-state index contributed by atoms with van der Waals surface area (Å²) in [5.74, 6) is 0.257. The summed E-state index contributed by atoms with van der Waals surface area (Å²) >= 11 is 0. The van der Waals surface area contributed by atoms with Gasteiger partial charge in [-0.2, -0.15) is 0 Å². The molecule has 6 nitrogen and oxygen atoms in total. The van der Waals surface area contributed by atoms with Crippen LogP contribution in [0, 0.1) is 0 Å². The maximum Gasteiger partial charge on any atom is 0.410 e. The molecule has 0 aromatic carbocycles. The lowest BCUT2D eigenvalue weighted by atomic mass is 10.2. The summed E-state index contributed by atoms with van der Waals surface area (Å²) in [4.78, 5) is 13.8. The summed E-state index contributed by atoms with van der Waals surface area (Å²) in [6.45, 7) is 13.8. The van der Waals surface area contributed by atoms with E-state index in [0.717, 1.165) is 0 Å². The van der Waals surface area contributed by atoms with E-state index in [2.05, 4.69) is 5.32 Å². The largest absolute Gasteiger partial charge is 0.444 e. The first-order chi connectivity index (χ1) is 9.88. The molecule has 132 valence electrons. The van der Waals surface area contributed by atoms with Gasteiger partial charge in [0.05, 0.1) is 5.75 Å². The predicted octanol–water partition coefficient (Wildman–Crippen LogP) is 2.04. The molecule has 0 saturated carbocycles. The Kier molecular flexibility index (Phi) is 8.39. The van der Waals surface area contributed by atoms with Gasteiger partial charge in [-0.15, -0.1) is 0 Å². The van der Waals surface area contributed by atoms with Gasteiger partial charge in [0.1, 0.15) is 5.60 Å². The van der Waals surface area contributed by atoms with Gasteiger partial charge in [0, 0.05) is 30.9 Å². The number of ether oxygens (including phenoxy) is 1. The molecule has 1 N–H and O–H groups in total. The Morgan fingerprint density at radius 2 is 1.77 bits per heavy atom. The minimum absolute atomic E-state index is 0.0198. The highest BCUT2D eigenvalue weighted by atomic mass is 32.2. The van der Waals surface area contributed by atoms with E-state index in [4.69, 9.17) is 4.74 Å². The molecule has 0 saturated heterocycles. The Labute approximate surface area is 135 Å². The number of nitrogens with zero attached hydrogens (tertiary/aromatic N) is 1. The van der Waals surface area contributed by atoms with Gasteiger partial charge in [0.25, 0.3) is 0 Å². The Bertz CT molecular complexity index is 441. The van der Waals surface area contributed by atoms with Gasteiger partial charge in [0.15, 0.2) is 9.84 Å². The number of carbonyl (C=O) groups is 1. The molecule has 7 heteroatoms. The number of carbonyl (C=O) groups excluding carboxylic acids is 1. The van der Waals surface area contributed by atoms with Crippen LogP contribution < -0.4 is 5.32 Å². The molecule has 0 aliphatic carbocycles. The molecule has 0 fully saturated rings. The minimum atomic E-state index is -2.99. The number of nitrogens with one attached hydrogen (secondary N) is 1. The first kappa shape index (κ1) is 21.2. The highest BCUT2D eigenvalue weighted by molar-refractivity contribution is 7.91. The molecule has 0 aliphatic rings. The van der Waals surface area contributed by atoms with E-state index < -0.39 is 15.4 Å². The molecule has 0 aliphatic heterocycles. The second kappa shape index (κ2) is 8.72. The quantitative estimate of drug-likeness (QED) is 0.734. The van der Waals surface area contributed by atoms with E-state index in [1.165, 1.54) is 0 Å². The predicted molar refractivity (Wildman–Crippen MR) is 89.9 cm³/mol. The highest BCUT2D eigenvalue weighted by Crippen LogP contribution is 2.11. The van der Waals surface area contributed by atoms with Crippen molar-refractivity contribution in [2.45, 2.75) is 66.2 Å². The second-order valence-corrected chi connectivity index (χ2v) is 9.22. The molecule has 0 radical (unpaired) electrons. The second-order valence-electron chi connectivity index (χ2n) is 6.82. The molecular weight excluding hydrogens is 304 g/mol. The highest BCUT2D eigenvalue weighted by Gasteiger charge is 2.24. The molecule has 0 spiro atoms. The van der Waals surface area contributed by atoms with Crippen LogP contribution in [0.1, 0.15) is 48.5 Å². The molecular formula is C15H32N2O4S. The summed E-state index contributed by atoms with van der Waals surface area (Å²) in [7, 11) is -2.99. The average molecular weight is 336 g/mol. The van der Waals surface area contributed by atoms with Crippen molar-refractivity contribution >= 4 is 15.9 Å². The van der Waals surface area contributed by atoms with Crippen LogP contribution in [-0.2, 0) is 14.6 Å². The van der Waals surface area contributed by atoms with Crippen LogP contribution in [0.4, 0.5) is 4.79 Å². The van der Waals surface area contributed by atoms with E-state index in [-0.39, 0.29) is 29.7 Å². The van der Waals surface area contributed by atoms with Gasteiger partial charge in [0.2, 0.25) is 0 Å². The van der Waals surface area contributed by atoms with Crippen LogP contribution in [0.5, 0.6) is 0 Å². The number of hydrogen-bond donors (Lipinski definition) is 1. The third-order valence-corrected chi connectivity index (χ3v) is 4.93. The molecule has 0 rings (SSSR count). The zero-order valence-electron chi connectivity index (χ0n) is 15.0. The first-order valence-corrected chi connectivity index (χ1v) is 9.63. The smallest absolute Gasteiger partial charge is 0.410 e. The van der Waals surface area contributed by atoms with Crippen molar-refractivity contribution in [1.82, 2.24) is 10.2 Å². The molecule has 0 heterocycles. The third-order valence-electron chi connectivity index (χ3n) is 3.04. The van der Waals surface area contributed by atoms with Gasteiger partial charge in [-0.05, 0) is 41.5 Å². The molecule has 22 heavy (non-hydrogen) atoms. The molecule has 1 atom stereocenters. The van der Waals surface area contributed by atoms with Gasteiger partial charge in [-0.25, -0.2) is 13.2 Å². The Hall–Kier alpha value is -0.820. The fraction of sp³-hybridized carbons (Fsp3) is 0.933. The zero-order chi connectivity index (χ0) is 17.6. The van der Waals surface area contributed by atoms with E-state index in [1.54, 1.807) is 11.8 Å². The van der Waals surface area contributed by atoms with Crippen LogP contribution >= 0.6 is 0 Å². The fourth-order valence-electron chi connectivity index (χ4n) is 1.87. The van der Waals surface area contributed by atoms with Crippen molar-refractivity contribution in [1.29, 1.82) is 0 Å². The number of amides is 1. The van der Waals surface area contributed by atoms with Gasteiger partial charge >= 0.3 is 6.09 Å². The molecule has 0 bridgehead atoms. The van der Waals surface area contributed by atoms with Crippen molar-refractivity contribution in [2.24, 2.45) is 0 Å². The summed E-state index contributed by atoms with van der Waals surface area (Å²) in [5, 5.41) is 3.15. The lowest BCUT2D eigenvalue weighted by Crippen LogP contribution is -2.46. The Morgan fingerprint density at radius 3 is 2.18 bits per heavy atom. The van der Waals surface area contributed by atoms with Gasteiger partial charge < -0.3 is 15.0 Å². The third kappa shape index (κ3) is 9.25. The maximum atomic E-state index is 12.1. The monoisotopic (exact) mass is 336 g/mol. The van der Waals surface area contributed by atoms with Crippen molar-refractivity contribution < 1.29 is 17.9 Å². The topological polar surface area (TPSA) is 75.7 Å². The number of hydrogen-bond acceptors (Lipinski definition) is 5. The molecule has 1 unspecified atom stereocenters. The van der Waals surface area contributed by atoms with Crippen molar-refractivity contribution in [3.05, 3.63) is 0 Å². The SMILES string of the molecule is CCS(=O)(=O)CC(C)NCCN(C(=O)OC(C)(C)C)C(C)C. The van der Waals surface area contributed by atoms with Gasteiger partial charge in [-0.3, -0.25) is 0 Å². The number of rotatable bonds is 8. The lowest BCUT2D eigenvalue weighted by Gasteiger charge is -2.30. The van der Waals surface area contributed by atoms with E-state index in [9.17, 15) is 13.2 Å². The lowest BCUT2D eigenvalue weighted by molar-refractivity contribution is 0.0192. The molecule has 1 amide bonds. The molecule has 0 aromatic rings. The first-order valence-electron chi connectivity index (χ1n) is 7.81. The van der Waals surface area contributed by atoms with Crippen LogP contribution in [0.25, 0.3) is 0 Å². The maximum absolute atomic E-state index is 12.1. The summed E-state index contributed by atoms with van der Waals surface area (Å²) in [5.41, 5.74) is -0.528. The Morgan fingerprint density at radius 1 is 1.23 bits per heavy atom. The van der Waals surface area contributed by atoms with Crippen LogP contribution in [-0.4, -0.2) is 61.7 Å². The minimum Gasteiger partial charge on any atom is -0.444 e. The Balaban J connectivity index is 4.41. The molecule has 0 aromatic heterocycles. The average Bonchev–Trinajstić information content (AvgIpc) is 2.31.